The van der Waals surface area contributed by atoms with Gasteiger partial charge in [-0.05, 0) is 57.9 Å². The van der Waals surface area contributed by atoms with E-state index in [1.54, 1.807) is 11.8 Å². The van der Waals surface area contributed by atoms with Crippen LogP contribution < -0.4 is 0 Å². The minimum Gasteiger partial charge on any atom is -0.452 e. The number of carbonyl (C=O) groups excluding carboxylic acids is 2. The topological polar surface area (TPSA) is 93.2 Å². The number of morpholine rings is 1. The van der Waals surface area contributed by atoms with Crippen LogP contribution in [0.5, 0.6) is 0 Å². The summed E-state index contributed by atoms with van der Waals surface area (Å²) in [4.78, 5) is 27.1. The van der Waals surface area contributed by atoms with Crippen LogP contribution in [-0.4, -0.2) is 74.0 Å². The standard InChI is InChI=1S/C21H29ClN2O6S/c1-14-12-23(13-15(2)29-14)20(25)16(3)30-21(26)17-8-10-24(11-9-17)31(27,28)19-6-4-18(22)5-7-19/h4-7,14-17H,8-13H2,1-3H3. The van der Waals surface area contributed by atoms with Crippen LogP contribution in [0.1, 0.15) is 33.6 Å². The third-order valence-electron chi connectivity index (χ3n) is 5.61. The minimum absolute atomic E-state index is 0.0671. The van der Waals surface area contributed by atoms with E-state index in [1.165, 1.54) is 28.6 Å². The lowest BCUT2D eigenvalue weighted by Gasteiger charge is -2.36. The van der Waals surface area contributed by atoms with Crippen molar-refractivity contribution in [2.24, 2.45) is 5.92 Å². The lowest BCUT2D eigenvalue weighted by molar-refractivity contribution is -0.167. The van der Waals surface area contributed by atoms with Gasteiger partial charge in [0, 0.05) is 31.2 Å². The summed E-state index contributed by atoms with van der Waals surface area (Å²) in [6.45, 7) is 6.73. The van der Waals surface area contributed by atoms with Crippen molar-refractivity contribution in [2.45, 2.75) is 56.8 Å². The average Bonchev–Trinajstić information content (AvgIpc) is 2.72. The lowest BCUT2D eigenvalue weighted by atomic mass is 9.98. The zero-order chi connectivity index (χ0) is 22.8. The number of carbonyl (C=O) groups is 2. The summed E-state index contributed by atoms with van der Waals surface area (Å²) >= 11 is 5.84. The molecule has 0 aliphatic carbocycles. The average molecular weight is 473 g/mol. The number of hydrogen-bond donors (Lipinski definition) is 0. The molecule has 0 radical (unpaired) electrons. The molecule has 1 aromatic carbocycles. The van der Waals surface area contributed by atoms with E-state index in [4.69, 9.17) is 21.1 Å². The SMILES string of the molecule is CC1CN(C(=O)C(C)OC(=O)C2CCN(S(=O)(=O)c3ccc(Cl)cc3)CC2)CC(C)O1. The summed E-state index contributed by atoms with van der Waals surface area (Å²) in [6, 6.07) is 6.01. The monoisotopic (exact) mass is 472 g/mol. The molecule has 3 atom stereocenters. The molecular formula is C21H29ClN2O6S. The van der Waals surface area contributed by atoms with E-state index in [-0.39, 0.29) is 36.1 Å². The number of piperidine rings is 1. The number of nitrogens with zero attached hydrogens (tertiary/aromatic N) is 2. The quantitative estimate of drug-likeness (QED) is 0.610. The van der Waals surface area contributed by atoms with Crippen LogP contribution in [0, 0.1) is 5.92 Å². The highest BCUT2D eigenvalue weighted by Crippen LogP contribution is 2.26. The first-order chi connectivity index (χ1) is 14.6. The fraction of sp³-hybridized carbons (Fsp3) is 0.619. The van der Waals surface area contributed by atoms with E-state index in [2.05, 4.69) is 0 Å². The molecule has 2 saturated heterocycles. The summed E-state index contributed by atoms with van der Waals surface area (Å²) in [7, 11) is -3.64. The van der Waals surface area contributed by atoms with Crippen LogP contribution in [0.3, 0.4) is 0 Å². The van der Waals surface area contributed by atoms with Gasteiger partial charge in [0.1, 0.15) is 0 Å². The Labute approximate surface area is 188 Å². The van der Waals surface area contributed by atoms with Gasteiger partial charge in [-0.1, -0.05) is 11.6 Å². The molecule has 3 rings (SSSR count). The zero-order valence-electron chi connectivity index (χ0n) is 18.0. The fourth-order valence-electron chi connectivity index (χ4n) is 4.02. The van der Waals surface area contributed by atoms with Crippen molar-refractivity contribution in [3.63, 3.8) is 0 Å². The Morgan fingerprint density at radius 3 is 2.19 bits per heavy atom. The molecule has 2 fully saturated rings. The number of esters is 1. The summed E-state index contributed by atoms with van der Waals surface area (Å²) in [5.74, 6) is -1.13. The Hall–Kier alpha value is -1.68. The second-order valence-corrected chi connectivity index (χ2v) is 10.6. The summed E-state index contributed by atoms with van der Waals surface area (Å²) in [5, 5.41) is 0.463. The second-order valence-electron chi connectivity index (χ2n) is 8.21. The van der Waals surface area contributed by atoms with Gasteiger partial charge < -0.3 is 14.4 Å². The Bertz CT molecular complexity index is 889. The highest BCUT2D eigenvalue weighted by atomic mass is 35.5. The van der Waals surface area contributed by atoms with E-state index in [0.29, 0.717) is 31.0 Å². The molecule has 0 saturated carbocycles. The van der Waals surface area contributed by atoms with Gasteiger partial charge in [-0.25, -0.2) is 8.42 Å². The first-order valence-electron chi connectivity index (χ1n) is 10.5. The van der Waals surface area contributed by atoms with Gasteiger partial charge in [0.2, 0.25) is 10.0 Å². The Morgan fingerprint density at radius 1 is 1.10 bits per heavy atom. The maximum Gasteiger partial charge on any atom is 0.309 e. The molecule has 2 aliphatic rings. The third kappa shape index (κ3) is 5.77. The van der Waals surface area contributed by atoms with Crippen LogP contribution in [0.4, 0.5) is 0 Å². The van der Waals surface area contributed by atoms with E-state index >= 15 is 0 Å². The van der Waals surface area contributed by atoms with Crippen molar-refractivity contribution in [1.29, 1.82) is 0 Å². The summed E-state index contributed by atoms with van der Waals surface area (Å²) < 4.78 is 38.0. The highest BCUT2D eigenvalue weighted by molar-refractivity contribution is 7.89. The molecule has 0 aromatic heterocycles. The second kappa shape index (κ2) is 9.85. The molecule has 10 heteroatoms. The number of rotatable bonds is 5. The molecule has 2 heterocycles. The Balaban J connectivity index is 1.53. The predicted octanol–water partition coefficient (Wildman–Crippen LogP) is 2.31. The van der Waals surface area contributed by atoms with Gasteiger partial charge in [-0.15, -0.1) is 0 Å². The van der Waals surface area contributed by atoms with Gasteiger partial charge >= 0.3 is 5.97 Å². The minimum atomic E-state index is -3.64. The van der Waals surface area contributed by atoms with Crippen LogP contribution in [0.25, 0.3) is 0 Å². The fourth-order valence-corrected chi connectivity index (χ4v) is 5.62. The van der Waals surface area contributed by atoms with Crippen molar-refractivity contribution in [1.82, 2.24) is 9.21 Å². The number of benzene rings is 1. The van der Waals surface area contributed by atoms with Crippen molar-refractivity contribution in [3.8, 4) is 0 Å². The van der Waals surface area contributed by atoms with E-state index < -0.39 is 28.0 Å². The molecular weight excluding hydrogens is 444 g/mol. The van der Waals surface area contributed by atoms with Crippen LogP contribution >= 0.6 is 11.6 Å². The molecule has 0 bridgehead atoms. The van der Waals surface area contributed by atoms with Crippen molar-refractivity contribution < 1.29 is 27.5 Å². The van der Waals surface area contributed by atoms with Crippen molar-refractivity contribution in [2.75, 3.05) is 26.2 Å². The van der Waals surface area contributed by atoms with Gasteiger partial charge in [0.25, 0.3) is 5.91 Å². The number of ether oxygens (including phenoxy) is 2. The normalized spacial score (nSPS) is 24.6. The van der Waals surface area contributed by atoms with Gasteiger partial charge in [0.05, 0.1) is 23.0 Å². The predicted molar refractivity (Wildman–Crippen MR) is 115 cm³/mol. The largest absolute Gasteiger partial charge is 0.452 e. The molecule has 1 amide bonds. The molecule has 2 aliphatic heterocycles. The first kappa shape index (κ1) is 24.0. The van der Waals surface area contributed by atoms with Crippen molar-refractivity contribution in [3.05, 3.63) is 29.3 Å². The maximum atomic E-state index is 12.8. The van der Waals surface area contributed by atoms with Crippen LogP contribution in [0.15, 0.2) is 29.2 Å². The number of amides is 1. The number of hydrogen-bond acceptors (Lipinski definition) is 6. The first-order valence-corrected chi connectivity index (χ1v) is 12.3. The van der Waals surface area contributed by atoms with Crippen LogP contribution in [-0.2, 0) is 29.1 Å². The van der Waals surface area contributed by atoms with Gasteiger partial charge in [0.15, 0.2) is 6.10 Å². The summed E-state index contributed by atoms with van der Waals surface area (Å²) in [5.41, 5.74) is 0. The van der Waals surface area contributed by atoms with Crippen LogP contribution in [0.2, 0.25) is 5.02 Å². The molecule has 8 nitrogen and oxygen atoms in total. The molecule has 31 heavy (non-hydrogen) atoms. The molecule has 0 N–H and O–H groups in total. The van der Waals surface area contributed by atoms with Gasteiger partial charge in [-0.3, -0.25) is 9.59 Å². The Morgan fingerprint density at radius 2 is 1.65 bits per heavy atom. The molecule has 172 valence electrons. The number of sulfonamides is 1. The van der Waals surface area contributed by atoms with Gasteiger partial charge in [-0.2, -0.15) is 4.31 Å². The smallest absolute Gasteiger partial charge is 0.309 e. The van der Waals surface area contributed by atoms with E-state index in [0.717, 1.165) is 0 Å². The molecule has 0 spiro atoms. The lowest BCUT2D eigenvalue weighted by Crippen LogP contribution is -2.51. The maximum absolute atomic E-state index is 12.8. The van der Waals surface area contributed by atoms with E-state index in [1.807, 2.05) is 13.8 Å². The summed E-state index contributed by atoms with van der Waals surface area (Å²) in [6.07, 6.45) is -0.332. The molecule has 3 unspecified atom stereocenters. The third-order valence-corrected chi connectivity index (χ3v) is 7.78. The van der Waals surface area contributed by atoms with E-state index in [9.17, 15) is 18.0 Å². The highest BCUT2D eigenvalue weighted by Gasteiger charge is 2.35. The zero-order valence-corrected chi connectivity index (χ0v) is 19.6. The number of halogens is 1. The molecule has 1 aromatic rings. The van der Waals surface area contributed by atoms with Crippen molar-refractivity contribution >= 4 is 33.5 Å². The Kier molecular flexibility index (Phi) is 7.62.